The van der Waals surface area contributed by atoms with Crippen molar-refractivity contribution in [3.05, 3.63) is 41.9 Å². The van der Waals surface area contributed by atoms with Crippen molar-refractivity contribution < 1.29 is 9.84 Å². The molecule has 2 aromatic rings. The molecule has 0 aliphatic carbocycles. The van der Waals surface area contributed by atoms with Crippen LogP contribution in [-0.4, -0.2) is 22.2 Å². The number of pyridine rings is 2. The third-order valence-electron chi connectivity index (χ3n) is 2.49. The quantitative estimate of drug-likeness (QED) is 0.863. The molecule has 94 valence electrons. The molecular formula is C13H15N3O2. The smallest absolute Gasteiger partial charge is 0.213 e. The van der Waals surface area contributed by atoms with Crippen molar-refractivity contribution in [3.8, 4) is 11.6 Å². The number of nitrogens with zero attached hydrogens (tertiary/aromatic N) is 2. The first-order valence-electron chi connectivity index (χ1n) is 5.58. The average molecular weight is 245 g/mol. The van der Waals surface area contributed by atoms with Crippen molar-refractivity contribution in [2.75, 3.05) is 12.4 Å². The summed E-state index contributed by atoms with van der Waals surface area (Å²) in [5.74, 6) is 0.756. The monoisotopic (exact) mass is 245 g/mol. The molecule has 0 spiro atoms. The van der Waals surface area contributed by atoms with Gasteiger partial charge in [0.2, 0.25) is 5.88 Å². The van der Waals surface area contributed by atoms with Crippen LogP contribution in [0.2, 0.25) is 0 Å². The van der Waals surface area contributed by atoms with Gasteiger partial charge >= 0.3 is 0 Å². The molecule has 0 fully saturated rings. The molecule has 2 N–H and O–H groups in total. The van der Waals surface area contributed by atoms with E-state index in [-0.39, 0.29) is 5.75 Å². The molecule has 0 amide bonds. The molecular weight excluding hydrogens is 230 g/mol. The van der Waals surface area contributed by atoms with E-state index in [0.717, 1.165) is 11.4 Å². The van der Waals surface area contributed by atoms with Gasteiger partial charge in [0.25, 0.3) is 0 Å². The first kappa shape index (κ1) is 12.2. The summed E-state index contributed by atoms with van der Waals surface area (Å²) in [6, 6.07) is 7.05. The lowest BCUT2D eigenvalue weighted by atomic mass is 10.3. The van der Waals surface area contributed by atoms with Gasteiger partial charge in [-0.05, 0) is 25.1 Å². The zero-order valence-corrected chi connectivity index (χ0v) is 10.3. The van der Waals surface area contributed by atoms with Gasteiger partial charge in [-0.15, -0.1) is 0 Å². The summed E-state index contributed by atoms with van der Waals surface area (Å²) in [6.07, 6.45) is 1.67. The lowest BCUT2D eigenvalue weighted by Crippen LogP contribution is -2.03. The van der Waals surface area contributed by atoms with Gasteiger partial charge in [-0.25, -0.2) is 4.98 Å². The zero-order chi connectivity index (χ0) is 13.0. The van der Waals surface area contributed by atoms with Crippen LogP contribution in [0.25, 0.3) is 0 Å². The molecule has 0 saturated carbocycles. The van der Waals surface area contributed by atoms with E-state index in [9.17, 15) is 5.11 Å². The number of aromatic hydroxyl groups is 1. The van der Waals surface area contributed by atoms with Crippen molar-refractivity contribution in [1.82, 2.24) is 9.97 Å². The standard InChI is InChI=1S/C13H15N3O2/c1-9-3-5-12(17)11(16-9)8-14-10-4-6-13(18-2)15-7-10/h3-7,14,17H,8H2,1-2H3. The number of aryl methyl sites for hydroxylation is 1. The van der Waals surface area contributed by atoms with Crippen molar-refractivity contribution in [1.29, 1.82) is 0 Å². The highest BCUT2D eigenvalue weighted by Gasteiger charge is 2.03. The van der Waals surface area contributed by atoms with Crippen molar-refractivity contribution in [3.63, 3.8) is 0 Å². The minimum absolute atomic E-state index is 0.189. The molecule has 0 unspecified atom stereocenters. The van der Waals surface area contributed by atoms with Crippen LogP contribution >= 0.6 is 0 Å². The Kier molecular flexibility index (Phi) is 3.62. The Labute approximate surface area is 105 Å². The van der Waals surface area contributed by atoms with E-state index in [4.69, 9.17) is 4.74 Å². The van der Waals surface area contributed by atoms with E-state index in [1.807, 2.05) is 13.0 Å². The van der Waals surface area contributed by atoms with Crippen molar-refractivity contribution in [2.24, 2.45) is 0 Å². The predicted octanol–water partition coefficient (Wildman–Crippen LogP) is 2.11. The van der Waals surface area contributed by atoms with Crippen LogP contribution in [0.4, 0.5) is 5.69 Å². The SMILES string of the molecule is COc1ccc(NCc2nc(C)ccc2O)cn1. The Hall–Kier alpha value is -2.30. The second kappa shape index (κ2) is 5.35. The molecule has 2 aromatic heterocycles. The fraction of sp³-hybridized carbons (Fsp3) is 0.231. The highest BCUT2D eigenvalue weighted by atomic mass is 16.5. The predicted molar refractivity (Wildman–Crippen MR) is 68.8 cm³/mol. The summed E-state index contributed by atoms with van der Waals surface area (Å²) < 4.78 is 4.98. The molecule has 5 nitrogen and oxygen atoms in total. The summed E-state index contributed by atoms with van der Waals surface area (Å²) >= 11 is 0. The molecule has 0 aliphatic rings. The van der Waals surface area contributed by atoms with Gasteiger partial charge in [-0.2, -0.15) is 0 Å². The van der Waals surface area contributed by atoms with Crippen molar-refractivity contribution >= 4 is 5.69 Å². The van der Waals surface area contributed by atoms with Crippen LogP contribution in [-0.2, 0) is 6.54 Å². The average Bonchev–Trinajstić information content (AvgIpc) is 2.40. The highest BCUT2D eigenvalue weighted by Crippen LogP contribution is 2.17. The van der Waals surface area contributed by atoms with Crippen LogP contribution < -0.4 is 10.1 Å². The molecule has 0 radical (unpaired) electrons. The molecule has 5 heteroatoms. The van der Waals surface area contributed by atoms with E-state index in [0.29, 0.717) is 18.1 Å². The number of aromatic nitrogens is 2. The fourth-order valence-electron chi connectivity index (χ4n) is 1.52. The van der Waals surface area contributed by atoms with Gasteiger partial charge in [0.1, 0.15) is 11.4 Å². The lowest BCUT2D eigenvalue weighted by Gasteiger charge is -2.08. The summed E-state index contributed by atoms with van der Waals surface area (Å²) in [5, 5.41) is 12.8. The maximum absolute atomic E-state index is 9.66. The van der Waals surface area contributed by atoms with Crippen molar-refractivity contribution in [2.45, 2.75) is 13.5 Å². The number of anilines is 1. The van der Waals surface area contributed by atoms with Crippen LogP contribution in [0.3, 0.4) is 0 Å². The van der Waals surface area contributed by atoms with Crippen LogP contribution in [0.5, 0.6) is 11.6 Å². The highest BCUT2D eigenvalue weighted by molar-refractivity contribution is 5.43. The van der Waals surface area contributed by atoms with Crippen LogP contribution in [0.15, 0.2) is 30.5 Å². The van der Waals surface area contributed by atoms with E-state index in [2.05, 4.69) is 15.3 Å². The van der Waals surface area contributed by atoms with Gasteiger partial charge in [-0.1, -0.05) is 0 Å². The Morgan fingerprint density at radius 3 is 2.78 bits per heavy atom. The second-order valence-electron chi connectivity index (χ2n) is 3.86. The molecule has 0 saturated heterocycles. The number of hydrogen-bond acceptors (Lipinski definition) is 5. The van der Waals surface area contributed by atoms with Gasteiger partial charge < -0.3 is 15.2 Å². The van der Waals surface area contributed by atoms with E-state index < -0.39 is 0 Å². The summed E-state index contributed by atoms with van der Waals surface area (Å²) in [6.45, 7) is 2.33. The minimum Gasteiger partial charge on any atom is -0.506 e. The number of hydrogen-bond donors (Lipinski definition) is 2. The third-order valence-corrected chi connectivity index (χ3v) is 2.49. The summed E-state index contributed by atoms with van der Waals surface area (Å²) in [7, 11) is 1.57. The van der Waals surface area contributed by atoms with Gasteiger partial charge in [0.15, 0.2) is 0 Å². The Bertz CT molecular complexity index is 526. The van der Waals surface area contributed by atoms with Crippen LogP contribution in [0, 0.1) is 6.92 Å². The molecule has 0 aliphatic heterocycles. The third kappa shape index (κ3) is 2.88. The first-order valence-corrected chi connectivity index (χ1v) is 5.58. The van der Waals surface area contributed by atoms with Gasteiger partial charge in [-0.3, -0.25) is 4.98 Å². The number of nitrogens with one attached hydrogen (secondary N) is 1. The number of ether oxygens (including phenoxy) is 1. The Balaban J connectivity index is 2.04. The lowest BCUT2D eigenvalue weighted by molar-refractivity contribution is 0.398. The Morgan fingerprint density at radius 2 is 2.11 bits per heavy atom. The topological polar surface area (TPSA) is 67.3 Å². The maximum atomic E-state index is 9.66. The zero-order valence-electron chi connectivity index (χ0n) is 10.3. The Morgan fingerprint density at radius 1 is 1.28 bits per heavy atom. The molecule has 0 aromatic carbocycles. The van der Waals surface area contributed by atoms with E-state index >= 15 is 0 Å². The van der Waals surface area contributed by atoms with Gasteiger partial charge in [0, 0.05) is 11.8 Å². The molecule has 18 heavy (non-hydrogen) atoms. The second-order valence-corrected chi connectivity index (χ2v) is 3.86. The normalized spacial score (nSPS) is 10.1. The number of rotatable bonds is 4. The maximum Gasteiger partial charge on any atom is 0.213 e. The minimum atomic E-state index is 0.189. The van der Waals surface area contributed by atoms with Gasteiger partial charge in [0.05, 0.1) is 25.5 Å². The van der Waals surface area contributed by atoms with Crippen LogP contribution in [0.1, 0.15) is 11.4 Å². The molecule has 2 rings (SSSR count). The number of methoxy groups -OCH3 is 1. The fourth-order valence-corrected chi connectivity index (χ4v) is 1.52. The van der Waals surface area contributed by atoms with E-state index in [1.165, 1.54) is 0 Å². The summed E-state index contributed by atoms with van der Waals surface area (Å²) in [4.78, 5) is 8.35. The summed E-state index contributed by atoms with van der Waals surface area (Å²) in [5.41, 5.74) is 2.33. The molecule has 2 heterocycles. The molecule has 0 bridgehead atoms. The van der Waals surface area contributed by atoms with E-state index in [1.54, 1.807) is 31.5 Å². The first-order chi connectivity index (χ1) is 8.69. The molecule has 0 atom stereocenters. The largest absolute Gasteiger partial charge is 0.506 e.